The molecule has 0 aromatic heterocycles. The van der Waals surface area contributed by atoms with Crippen molar-refractivity contribution in [3.8, 4) is 0 Å². The summed E-state index contributed by atoms with van der Waals surface area (Å²) in [5.74, 6) is -1.93. The number of hydrogen-bond donors (Lipinski definition) is 0. The van der Waals surface area contributed by atoms with E-state index in [2.05, 4.69) is 0 Å². The number of rotatable bonds is 2. The Balaban J connectivity index is 1.85. The summed E-state index contributed by atoms with van der Waals surface area (Å²) < 4.78 is 27.9. The number of benzene rings is 3. The number of hydrogen-bond acceptors (Lipinski definition) is 1. The van der Waals surface area contributed by atoms with Gasteiger partial charge in [-0.3, -0.25) is 4.79 Å². The van der Waals surface area contributed by atoms with Crippen LogP contribution in [0.1, 0.15) is 33.1 Å². The summed E-state index contributed by atoms with van der Waals surface area (Å²) in [5.41, 5.74) is 2.55. The third kappa shape index (κ3) is 3.21. The lowest BCUT2D eigenvalue weighted by atomic mass is 9.87. The van der Waals surface area contributed by atoms with Crippen LogP contribution in [0.4, 0.5) is 8.78 Å². The molecule has 0 fully saturated rings. The number of nitrogens with zero attached hydrogens (tertiary/aromatic N) is 1. The van der Waals surface area contributed by atoms with E-state index in [9.17, 15) is 13.6 Å². The Labute approximate surface area is 161 Å². The lowest BCUT2D eigenvalue weighted by molar-refractivity contribution is 0.0689. The molecule has 1 heterocycles. The van der Waals surface area contributed by atoms with E-state index in [0.717, 1.165) is 34.9 Å². The number of fused-ring (bicyclic) bond motifs is 1. The molecule has 1 aliphatic heterocycles. The van der Waals surface area contributed by atoms with Crippen molar-refractivity contribution in [1.29, 1.82) is 0 Å². The fourth-order valence-electron chi connectivity index (χ4n) is 3.63. The van der Waals surface area contributed by atoms with Crippen molar-refractivity contribution >= 4 is 17.5 Å². The van der Waals surface area contributed by atoms with Gasteiger partial charge in [-0.1, -0.05) is 54.1 Å². The molecule has 1 unspecified atom stereocenters. The Morgan fingerprint density at radius 2 is 1.67 bits per heavy atom. The Morgan fingerprint density at radius 3 is 2.44 bits per heavy atom. The zero-order valence-corrected chi connectivity index (χ0v) is 15.1. The van der Waals surface area contributed by atoms with Gasteiger partial charge in [-0.15, -0.1) is 0 Å². The van der Waals surface area contributed by atoms with Gasteiger partial charge in [0.25, 0.3) is 5.91 Å². The first-order valence-corrected chi connectivity index (χ1v) is 9.02. The van der Waals surface area contributed by atoms with Crippen molar-refractivity contribution in [2.24, 2.45) is 0 Å². The molecular formula is C22H16ClF2NO. The smallest absolute Gasteiger partial charge is 0.257 e. The first-order valence-electron chi connectivity index (χ1n) is 8.64. The van der Waals surface area contributed by atoms with Crippen LogP contribution in [0.15, 0.2) is 66.7 Å². The summed E-state index contributed by atoms with van der Waals surface area (Å²) in [7, 11) is 0. The summed E-state index contributed by atoms with van der Waals surface area (Å²) >= 11 is 6.42. The second-order valence-corrected chi connectivity index (χ2v) is 6.90. The van der Waals surface area contributed by atoms with Crippen LogP contribution in [0, 0.1) is 11.6 Å². The van der Waals surface area contributed by atoms with Crippen LogP contribution in [0.3, 0.4) is 0 Å². The molecule has 5 heteroatoms. The van der Waals surface area contributed by atoms with E-state index in [0.29, 0.717) is 18.0 Å². The van der Waals surface area contributed by atoms with Crippen LogP contribution in [0.2, 0.25) is 5.02 Å². The van der Waals surface area contributed by atoms with Gasteiger partial charge in [0.15, 0.2) is 0 Å². The minimum Gasteiger partial charge on any atom is -0.327 e. The molecule has 2 nitrogen and oxygen atoms in total. The van der Waals surface area contributed by atoms with Crippen LogP contribution in [0.25, 0.3) is 0 Å². The average molecular weight is 384 g/mol. The van der Waals surface area contributed by atoms with Crippen LogP contribution in [-0.4, -0.2) is 17.4 Å². The molecule has 3 aromatic carbocycles. The van der Waals surface area contributed by atoms with E-state index in [1.807, 2.05) is 42.5 Å². The van der Waals surface area contributed by atoms with Gasteiger partial charge in [-0.25, -0.2) is 8.78 Å². The van der Waals surface area contributed by atoms with E-state index in [-0.39, 0.29) is 5.56 Å². The zero-order valence-electron chi connectivity index (χ0n) is 14.3. The lowest BCUT2D eigenvalue weighted by Crippen LogP contribution is -2.41. The van der Waals surface area contributed by atoms with Gasteiger partial charge in [0, 0.05) is 11.6 Å². The van der Waals surface area contributed by atoms with Crippen molar-refractivity contribution in [1.82, 2.24) is 4.90 Å². The number of amides is 1. The fourth-order valence-corrected chi connectivity index (χ4v) is 3.87. The van der Waals surface area contributed by atoms with Crippen LogP contribution in [-0.2, 0) is 6.42 Å². The fraction of sp³-hybridized carbons (Fsp3) is 0.136. The molecule has 0 spiro atoms. The highest BCUT2D eigenvalue weighted by Gasteiger charge is 2.34. The molecular weight excluding hydrogens is 368 g/mol. The SMILES string of the molecule is O=C(c1cc(F)ccc1F)N1CCc2ccccc2C1c1ccccc1Cl. The van der Waals surface area contributed by atoms with Crippen molar-refractivity contribution < 1.29 is 13.6 Å². The highest BCUT2D eigenvalue weighted by atomic mass is 35.5. The topological polar surface area (TPSA) is 20.3 Å². The lowest BCUT2D eigenvalue weighted by Gasteiger charge is -2.38. The highest BCUT2D eigenvalue weighted by Crippen LogP contribution is 2.39. The first kappa shape index (κ1) is 17.7. The van der Waals surface area contributed by atoms with Crippen LogP contribution >= 0.6 is 11.6 Å². The maximum absolute atomic E-state index is 14.2. The number of halogens is 3. The van der Waals surface area contributed by atoms with E-state index in [1.54, 1.807) is 11.0 Å². The van der Waals surface area contributed by atoms with E-state index in [1.165, 1.54) is 0 Å². The summed E-state index contributed by atoms with van der Waals surface area (Å²) in [6.45, 7) is 0.391. The van der Waals surface area contributed by atoms with Gasteiger partial charge in [0.2, 0.25) is 0 Å². The number of carbonyl (C=O) groups is 1. The molecule has 0 aliphatic carbocycles. The molecule has 1 aliphatic rings. The minimum absolute atomic E-state index is 0.272. The maximum atomic E-state index is 14.2. The zero-order chi connectivity index (χ0) is 19.0. The third-order valence-corrected chi connectivity index (χ3v) is 5.25. The molecule has 4 rings (SSSR count). The monoisotopic (exact) mass is 383 g/mol. The summed E-state index contributed by atoms with van der Waals surface area (Å²) in [5, 5.41) is 0.525. The molecule has 0 bridgehead atoms. The first-order chi connectivity index (χ1) is 13.1. The van der Waals surface area contributed by atoms with Crippen molar-refractivity contribution in [2.75, 3.05) is 6.54 Å². The summed E-state index contributed by atoms with van der Waals surface area (Å²) in [4.78, 5) is 14.7. The predicted octanol–water partition coefficient (Wildman–Crippen LogP) is 5.41. The van der Waals surface area contributed by atoms with Gasteiger partial charge in [-0.2, -0.15) is 0 Å². The highest BCUT2D eigenvalue weighted by molar-refractivity contribution is 6.31. The standard InChI is InChI=1S/C22H16ClF2NO/c23-19-8-4-3-7-17(19)21-16-6-2-1-5-14(16)11-12-26(21)22(27)18-13-15(24)9-10-20(18)25/h1-10,13,21H,11-12H2. The van der Waals surface area contributed by atoms with Gasteiger partial charge >= 0.3 is 0 Å². The van der Waals surface area contributed by atoms with E-state index in [4.69, 9.17) is 11.6 Å². The van der Waals surface area contributed by atoms with Gasteiger partial charge in [0.05, 0.1) is 11.6 Å². The average Bonchev–Trinajstić information content (AvgIpc) is 2.69. The second-order valence-electron chi connectivity index (χ2n) is 6.50. The van der Waals surface area contributed by atoms with E-state index < -0.39 is 23.6 Å². The van der Waals surface area contributed by atoms with Crippen molar-refractivity contribution in [2.45, 2.75) is 12.5 Å². The van der Waals surface area contributed by atoms with Crippen LogP contribution < -0.4 is 0 Å². The Bertz CT molecular complexity index is 1020. The molecule has 0 radical (unpaired) electrons. The minimum atomic E-state index is -0.738. The van der Waals surface area contributed by atoms with Crippen LogP contribution in [0.5, 0.6) is 0 Å². The quantitative estimate of drug-likeness (QED) is 0.579. The maximum Gasteiger partial charge on any atom is 0.257 e. The third-order valence-electron chi connectivity index (χ3n) is 4.90. The molecule has 0 N–H and O–H groups in total. The second kappa shape index (κ2) is 7.12. The normalized spacial score (nSPS) is 16.1. The summed E-state index contributed by atoms with van der Waals surface area (Å²) in [6, 6.07) is 17.6. The molecule has 1 atom stereocenters. The molecule has 0 saturated heterocycles. The molecule has 27 heavy (non-hydrogen) atoms. The summed E-state index contributed by atoms with van der Waals surface area (Å²) in [6.07, 6.45) is 0.639. The Kier molecular flexibility index (Phi) is 4.66. The van der Waals surface area contributed by atoms with Crippen molar-refractivity contribution in [3.05, 3.63) is 106 Å². The molecule has 3 aromatic rings. The molecule has 1 amide bonds. The van der Waals surface area contributed by atoms with Gasteiger partial charge < -0.3 is 4.90 Å². The van der Waals surface area contributed by atoms with Gasteiger partial charge in [-0.05, 0) is 47.4 Å². The largest absolute Gasteiger partial charge is 0.327 e. The van der Waals surface area contributed by atoms with Gasteiger partial charge in [0.1, 0.15) is 11.6 Å². The van der Waals surface area contributed by atoms with E-state index >= 15 is 0 Å². The molecule has 136 valence electrons. The number of carbonyl (C=O) groups excluding carboxylic acids is 1. The predicted molar refractivity (Wildman–Crippen MR) is 101 cm³/mol. The molecule has 0 saturated carbocycles. The van der Waals surface area contributed by atoms with Crippen molar-refractivity contribution in [3.63, 3.8) is 0 Å². The Morgan fingerprint density at radius 1 is 0.963 bits per heavy atom. The Hall–Kier alpha value is -2.72.